The van der Waals surface area contributed by atoms with Crippen molar-refractivity contribution in [3.05, 3.63) is 42.0 Å². The third-order valence-corrected chi connectivity index (χ3v) is 4.55. The maximum absolute atomic E-state index is 12.9. The first-order valence-corrected chi connectivity index (χ1v) is 8.38. The third kappa shape index (κ3) is 4.54. The number of halogens is 1. The van der Waals surface area contributed by atoms with Crippen LogP contribution in [0.5, 0.6) is 0 Å². The number of nitrogens with zero attached hydrogens (tertiary/aromatic N) is 3. The summed E-state index contributed by atoms with van der Waals surface area (Å²) in [4.78, 5) is 12.3. The Morgan fingerprint density at radius 3 is 2.48 bits per heavy atom. The van der Waals surface area contributed by atoms with Gasteiger partial charge in [0.15, 0.2) is 5.16 Å². The van der Waals surface area contributed by atoms with Gasteiger partial charge in [0, 0.05) is 6.04 Å². The van der Waals surface area contributed by atoms with Crippen molar-refractivity contribution in [1.29, 1.82) is 0 Å². The smallest absolute Gasteiger partial charge is 0.233 e. The van der Waals surface area contributed by atoms with E-state index < -0.39 is 0 Å². The number of aromatic nitrogens is 3. The van der Waals surface area contributed by atoms with E-state index in [1.807, 2.05) is 32.3 Å². The van der Waals surface area contributed by atoms with Crippen LogP contribution in [0, 0.1) is 5.82 Å². The van der Waals surface area contributed by atoms with Gasteiger partial charge >= 0.3 is 0 Å². The van der Waals surface area contributed by atoms with Gasteiger partial charge in [-0.25, -0.2) is 4.39 Å². The average molecular weight is 336 g/mol. The molecule has 0 aliphatic carbocycles. The molecule has 0 radical (unpaired) electrons. The lowest BCUT2D eigenvalue weighted by Gasteiger charge is -2.18. The minimum atomic E-state index is -0.306. The fraction of sp³-hybridized carbons (Fsp3) is 0.438. The summed E-state index contributed by atoms with van der Waals surface area (Å²) in [5.74, 6) is -0.380. The first kappa shape index (κ1) is 17.5. The molecule has 1 heterocycles. The molecule has 1 aromatic heterocycles. The van der Waals surface area contributed by atoms with E-state index in [4.69, 9.17) is 0 Å². The molecule has 2 rings (SSSR count). The maximum atomic E-state index is 12.9. The minimum Gasteiger partial charge on any atom is -0.349 e. The molecule has 0 aliphatic rings. The standard InChI is InChI=1S/C16H21FN4OS/c1-10(2)21-9-18-20-16(21)23-12(4)15(22)19-11(3)13-5-7-14(17)8-6-13/h5-12H,1-4H3,(H,19,22)/t11-,12-/m0/s1. The van der Waals surface area contributed by atoms with Crippen LogP contribution in [0.4, 0.5) is 4.39 Å². The monoisotopic (exact) mass is 336 g/mol. The van der Waals surface area contributed by atoms with Crippen LogP contribution in [0.1, 0.15) is 45.3 Å². The van der Waals surface area contributed by atoms with Gasteiger partial charge in [-0.15, -0.1) is 10.2 Å². The van der Waals surface area contributed by atoms with E-state index in [1.54, 1.807) is 18.5 Å². The van der Waals surface area contributed by atoms with Gasteiger partial charge in [-0.1, -0.05) is 23.9 Å². The zero-order valence-electron chi connectivity index (χ0n) is 13.7. The molecule has 1 N–H and O–H groups in total. The highest BCUT2D eigenvalue weighted by Crippen LogP contribution is 2.24. The Hall–Kier alpha value is -1.89. The molecule has 0 saturated carbocycles. The van der Waals surface area contributed by atoms with Crippen LogP contribution in [0.15, 0.2) is 35.7 Å². The molecule has 7 heteroatoms. The minimum absolute atomic E-state index is 0.0925. The molecule has 0 aliphatic heterocycles. The molecule has 0 bridgehead atoms. The molecule has 0 fully saturated rings. The van der Waals surface area contributed by atoms with E-state index in [2.05, 4.69) is 15.5 Å². The normalized spacial score (nSPS) is 13.8. The van der Waals surface area contributed by atoms with Crippen molar-refractivity contribution in [2.75, 3.05) is 0 Å². The fourth-order valence-electron chi connectivity index (χ4n) is 2.05. The molecular weight excluding hydrogens is 315 g/mol. The number of carbonyl (C=O) groups excluding carboxylic acids is 1. The van der Waals surface area contributed by atoms with E-state index in [1.165, 1.54) is 23.9 Å². The van der Waals surface area contributed by atoms with E-state index in [0.717, 1.165) is 10.7 Å². The highest BCUT2D eigenvalue weighted by molar-refractivity contribution is 8.00. The molecule has 0 spiro atoms. The second-order valence-corrected chi connectivity index (χ2v) is 6.96. The van der Waals surface area contributed by atoms with Gasteiger partial charge in [-0.3, -0.25) is 4.79 Å². The summed E-state index contributed by atoms with van der Waals surface area (Å²) in [6, 6.07) is 6.18. The number of nitrogens with one attached hydrogen (secondary N) is 1. The number of thioether (sulfide) groups is 1. The topological polar surface area (TPSA) is 59.8 Å². The van der Waals surface area contributed by atoms with Gasteiger partial charge in [0.05, 0.1) is 11.3 Å². The van der Waals surface area contributed by atoms with Crippen molar-refractivity contribution in [1.82, 2.24) is 20.1 Å². The Labute approximate surface area is 139 Å². The highest BCUT2D eigenvalue weighted by Gasteiger charge is 2.20. The number of hydrogen-bond acceptors (Lipinski definition) is 4. The maximum Gasteiger partial charge on any atom is 0.233 e. The van der Waals surface area contributed by atoms with Crippen molar-refractivity contribution in [3.63, 3.8) is 0 Å². The lowest BCUT2D eigenvalue weighted by Crippen LogP contribution is -2.33. The summed E-state index contributed by atoms with van der Waals surface area (Å²) in [6.07, 6.45) is 1.67. The van der Waals surface area contributed by atoms with Gasteiger partial charge in [0.2, 0.25) is 5.91 Å². The summed E-state index contributed by atoms with van der Waals surface area (Å²) < 4.78 is 14.9. The zero-order chi connectivity index (χ0) is 17.0. The second-order valence-electron chi connectivity index (χ2n) is 5.66. The number of carbonyl (C=O) groups is 1. The number of hydrogen-bond donors (Lipinski definition) is 1. The molecule has 2 aromatic rings. The van der Waals surface area contributed by atoms with Crippen molar-refractivity contribution >= 4 is 17.7 Å². The van der Waals surface area contributed by atoms with Gasteiger partial charge in [-0.2, -0.15) is 0 Å². The largest absolute Gasteiger partial charge is 0.349 e. The number of amides is 1. The molecule has 1 amide bonds. The van der Waals surface area contributed by atoms with Crippen molar-refractivity contribution in [3.8, 4) is 0 Å². The predicted octanol–water partition coefficient (Wildman–Crippen LogP) is 3.36. The summed E-state index contributed by atoms with van der Waals surface area (Å²) in [5.41, 5.74) is 0.863. The molecule has 0 unspecified atom stereocenters. The quantitative estimate of drug-likeness (QED) is 0.822. The average Bonchev–Trinajstić information content (AvgIpc) is 2.96. The summed E-state index contributed by atoms with van der Waals surface area (Å²) in [5, 5.41) is 11.3. The Morgan fingerprint density at radius 2 is 1.87 bits per heavy atom. The Bertz CT molecular complexity index is 656. The Morgan fingerprint density at radius 1 is 1.22 bits per heavy atom. The molecule has 1 aromatic carbocycles. The second kappa shape index (κ2) is 7.59. The van der Waals surface area contributed by atoms with Crippen LogP contribution < -0.4 is 5.32 Å². The van der Waals surface area contributed by atoms with Gasteiger partial charge in [0.25, 0.3) is 0 Å². The first-order chi connectivity index (χ1) is 10.9. The fourth-order valence-corrected chi connectivity index (χ4v) is 3.01. The molecular formula is C16H21FN4OS. The van der Waals surface area contributed by atoms with Crippen molar-refractivity contribution in [2.45, 2.75) is 50.2 Å². The zero-order valence-corrected chi connectivity index (χ0v) is 14.5. The van der Waals surface area contributed by atoms with Crippen molar-refractivity contribution in [2.24, 2.45) is 0 Å². The van der Waals surface area contributed by atoms with Crippen LogP contribution in [0.25, 0.3) is 0 Å². The Balaban J connectivity index is 1.97. The summed E-state index contributed by atoms with van der Waals surface area (Å²) in [7, 11) is 0. The van der Waals surface area contributed by atoms with Gasteiger partial charge in [0.1, 0.15) is 12.1 Å². The molecule has 0 saturated heterocycles. The van der Waals surface area contributed by atoms with E-state index in [9.17, 15) is 9.18 Å². The van der Waals surface area contributed by atoms with Gasteiger partial charge in [-0.05, 0) is 45.4 Å². The SMILES string of the molecule is CC(C)n1cnnc1S[C@@H](C)C(=O)N[C@@H](C)c1ccc(F)cc1. The predicted molar refractivity (Wildman–Crippen MR) is 88.7 cm³/mol. The summed E-state index contributed by atoms with van der Waals surface area (Å²) >= 11 is 1.37. The van der Waals surface area contributed by atoms with Crippen molar-refractivity contribution < 1.29 is 9.18 Å². The van der Waals surface area contributed by atoms with Crippen LogP contribution in [-0.2, 0) is 4.79 Å². The van der Waals surface area contributed by atoms with Crippen LogP contribution in [0.2, 0.25) is 0 Å². The highest BCUT2D eigenvalue weighted by atomic mass is 32.2. The lowest BCUT2D eigenvalue weighted by molar-refractivity contribution is -0.120. The Kier molecular flexibility index (Phi) is 5.76. The lowest BCUT2D eigenvalue weighted by atomic mass is 10.1. The first-order valence-electron chi connectivity index (χ1n) is 7.50. The summed E-state index contributed by atoms with van der Waals surface area (Å²) in [6.45, 7) is 7.78. The molecule has 5 nitrogen and oxygen atoms in total. The van der Waals surface area contributed by atoms with E-state index in [-0.39, 0.29) is 29.1 Å². The van der Waals surface area contributed by atoms with E-state index >= 15 is 0 Å². The van der Waals surface area contributed by atoms with Crippen LogP contribution >= 0.6 is 11.8 Å². The molecule has 124 valence electrons. The molecule has 23 heavy (non-hydrogen) atoms. The van der Waals surface area contributed by atoms with Crippen LogP contribution in [0.3, 0.4) is 0 Å². The van der Waals surface area contributed by atoms with Gasteiger partial charge < -0.3 is 9.88 Å². The number of rotatable bonds is 6. The van der Waals surface area contributed by atoms with Crippen LogP contribution in [-0.4, -0.2) is 25.9 Å². The van der Waals surface area contributed by atoms with E-state index in [0.29, 0.717) is 0 Å². The third-order valence-electron chi connectivity index (χ3n) is 3.48. The number of benzene rings is 1. The molecule has 2 atom stereocenters.